The first-order chi connectivity index (χ1) is 14.1. The summed E-state index contributed by atoms with van der Waals surface area (Å²) in [4.78, 5) is 10.5. The standard InChI is InChI=1S/C23H22N3O3/c1-29-21-12-8-18(9-13-21)14-15-24-17-25(23-5-3-2-4-22(23)24)16-19-6-10-20(11-7-19)26(27)28/h2-13,17H,14-16H2,1H3/q+1. The second-order valence-electron chi connectivity index (χ2n) is 6.95. The molecule has 0 spiro atoms. The maximum atomic E-state index is 10.9. The fourth-order valence-electron chi connectivity index (χ4n) is 3.51. The molecule has 0 radical (unpaired) electrons. The number of ether oxygens (including phenoxy) is 1. The molecule has 0 unspecified atom stereocenters. The molecule has 6 nitrogen and oxygen atoms in total. The van der Waals surface area contributed by atoms with E-state index in [2.05, 4.69) is 39.7 Å². The van der Waals surface area contributed by atoms with Crippen LogP contribution in [0.3, 0.4) is 0 Å². The lowest BCUT2D eigenvalue weighted by molar-refractivity contribution is -0.663. The minimum absolute atomic E-state index is 0.112. The average Bonchev–Trinajstić information content (AvgIpc) is 3.10. The molecule has 3 aromatic carbocycles. The maximum absolute atomic E-state index is 10.9. The summed E-state index contributed by atoms with van der Waals surface area (Å²) in [6.07, 6.45) is 3.04. The number of aryl methyl sites for hydroxylation is 2. The zero-order chi connectivity index (χ0) is 20.2. The average molecular weight is 388 g/mol. The Labute approximate surface area is 168 Å². The molecule has 1 aromatic heterocycles. The molecule has 29 heavy (non-hydrogen) atoms. The highest BCUT2D eigenvalue weighted by Gasteiger charge is 2.16. The predicted molar refractivity (Wildman–Crippen MR) is 111 cm³/mol. The van der Waals surface area contributed by atoms with Gasteiger partial charge < -0.3 is 4.74 Å². The Kier molecular flexibility index (Phi) is 5.24. The van der Waals surface area contributed by atoms with Gasteiger partial charge in [-0.3, -0.25) is 10.1 Å². The van der Waals surface area contributed by atoms with E-state index in [1.54, 1.807) is 19.2 Å². The highest BCUT2D eigenvalue weighted by atomic mass is 16.6. The highest BCUT2D eigenvalue weighted by molar-refractivity contribution is 5.71. The van der Waals surface area contributed by atoms with Crippen molar-refractivity contribution in [1.82, 2.24) is 4.57 Å². The highest BCUT2D eigenvalue weighted by Crippen LogP contribution is 2.16. The van der Waals surface area contributed by atoms with Crippen LogP contribution in [0.2, 0.25) is 0 Å². The minimum Gasteiger partial charge on any atom is -0.497 e. The quantitative estimate of drug-likeness (QED) is 0.272. The number of nitro groups is 1. The van der Waals surface area contributed by atoms with Crippen LogP contribution in [-0.2, 0) is 19.5 Å². The number of non-ortho nitro benzene ring substituents is 1. The molecule has 1 heterocycles. The molecule has 0 aliphatic carbocycles. The summed E-state index contributed by atoms with van der Waals surface area (Å²) in [6, 6.07) is 23.2. The van der Waals surface area contributed by atoms with Crippen molar-refractivity contribution in [2.24, 2.45) is 0 Å². The SMILES string of the molecule is COc1ccc(CCn2c[n+](Cc3ccc([N+](=O)[O-])cc3)c3ccccc32)cc1. The van der Waals surface area contributed by atoms with Crippen molar-refractivity contribution in [1.29, 1.82) is 0 Å². The topological polar surface area (TPSA) is 61.2 Å². The van der Waals surface area contributed by atoms with Crippen molar-refractivity contribution in [3.8, 4) is 5.75 Å². The van der Waals surface area contributed by atoms with Gasteiger partial charge in [-0.2, -0.15) is 0 Å². The molecule has 0 saturated heterocycles. The van der Waals surface area contributed by atoms with Gasteiger partial charge in [0, 0.05) is 18.6 Å². The number of nitrogens with zero attached hydrogens (tertiary/aromatic N) is 3. The molecule has 0 saturated carbocycles. The van der Waals surface area contributed by atoms with Gasteiger partial charge in [-0.1, -0.05) is 24.3 Å². The molecule has 0 atom stereocenters. The van der Waals surface area contributed by atoms with Crippen LogP contribution in [0.4, 0.5) is 5.69 Å². The smallest absolute Gasteiger partial charge is 0.269 e. The number of benzene rings is 3. The molecular weight excluding hydrogens is 366 g/mol. The van der Waals surface area contributed by atoms with Crippen LogP contribution in [-0.4, -0.2) is 16.6 Å². The molecule has 0 aliphatic rings. The minimum atomic E-state index is -0.373. The van der Waals surface area contributed by atoms with Gasteiger partial charge in [0.2, 0.25) is 6.33 Å². The number of imidazole rings is 1. The van der Waals surface area contributed by atoms with E-state index < -0.39 is 0 Å². The number of nitro benzene ring substituents is 1. The summed E-state index contributed by atoms with van der Waals surface area (Å²) >= 11 is 0. The predicted octanol–water partition coefficient (Wildman–Crippen LogP) is 4.14. The number of hydrogen-bond acceptors (Lipinski definition) is 3. The number of hydrogen-bond donors (Lipinski definition) is 0. The van der Waals surface area contributed by atoms with E-state index in [-0.39, 0.29) is 10.6 Å². The van der Waals surface area contributed by atoms with Gasteiger partial charge in [0.1, 0.15) is 12.3 Å². The molecule has 4 aromatic rings. The van der Waals surface area contributed by atoms with Crippen LogP contribution in [0.15, 0.2) is 79.1 Å². The van der Waals surface area contributed by atoms with Crippen LogP contribution in [0, 0.1) is 10.1 Å². The van der Waals surface area contributed by atoms with Gasteiger partial charge in [-0.25, -0.2) is 9.13 Å². The second kappa shape index (κ2) is 8.14. The zero-order valence-corrected chi connectivity index (χ0v) is 16.2. The van der Waals surface area contributed by atoms with Crippen LogP contribution in [0.25, 0.3) is 11.0 Å². The Hall–Kier alpha value is -3.67. The van der Waals surface area contributed by atoms with Gasteiger partial charge in [-0.15, -0.1) is 0 Å². The lowest BCUT2D eigenvalue weighted by Crippen LogP contribution is -2.32. The summed E-state index contributed by atoms with van der Waals surface area (Å²) in [6.45, 7) is 1.52. The third kappa shape index (κ3) is 4.11. The van der Waals surface area contributed by atoms with E-state index in [0.29, 0.717) is 6.54 Å². The molecule has 0 N–H and O–H groups in total. The normalized spacial score (nSPS) is 10.9. The third-order valence-corrected chi connectivity index (χ3v) is 5.08. The second-order valence-corrected chi connectivity index (χ2v) is 6.95. The first kappa shape index (κ1) is 18.7. The van der Waals surface area contributed by atoms with Crippen LogP contribution >= 0.6 is 0 Å². The Balaban J connectivity index is 1.56. The molecule has 0 bridgehead atoms. The Bertz CT molecular complexity index is 1130. The van der Waals surface area contributed by atoms with Crippen molar-refractivity contribution in [2.45, 2.75) is 19.5 Å². The fraction of sp³-hybridized carbons (Fsp3) is 0.174. The summed E-state index contributed by atoms with van der Waals surface area (Å²) < 4.78 is 9.66. The van der Waals surface area contributed by atoms with Crippen molar-refractivity contribution in [2.75, 3.05) is 7.11 Å². The summed E-state index contributed by atoms with van der Waals surface area (Å²) in [5, 5.41) is 10.9. The molecule has 146 valence electrons. The van der Waals surface area contributed by atoms with Crippen molar-refractivity contribution >= 4 is 16.7 Å². The summed E-state index contributed by atoms with van der Waals surface area (Å²) in [5.41, 5.74) is 4.70. The summed E-state index contributed by atoms with van der Waals surface area (Å²) in [5.74, 6) is 0.862. The van der Waals surface area contributed by atoms with E-state index >= 15 is 0 Å². The summed E-state index contributed by atoms with van der Waals surface area (Å²) in [7, 11) is 1.67. The molecule has 0 fully saturated rings. The first-order valence-corrected chi connectivity index (χ1v) is 9.47. The first-order valence-electron chi connectivity index (χ1n) is 9.47. The Morgan fingerprint density at radius 2 is 1.66 bits per heavy atom. The maximum Gasteiger partial charge on any atom is 0.269 e. The van der Waals surface area contributed by atoms with E-state index in [0.717, 1.165) is 29.8 Å². The van der Waals surface area contributed by atoms with E-state index in [4.69, 9.17) is 4.74 Å². The van der Waals surface area contributed by atoms with Crippen molar-refractivity contribution in [3.05, 3.63) is 100 Å². The fourth-order valence-corrected chi connectivity index (χ4v) is 3.51. The molecule has 0 aliphatic heterocycles. The largest absolute Gasteiger partial charge is 0.497 e. The Morgan fingerprint density at radius 1 is 0.966 bits per heavy atom. The van der Waals surface area contributed by atoms with Crippen LogP contribution < -0.4 is 9.30 Å². The van der Waals surface area contributed by atoms with E-state index in [9.17, 15) is 10.1 Å². The molecule has 6 heteroatoms. The van der Waals surface area contributed by atoms with Gasteiger partial charge >= 0.3 is 0 Å². The molecule has 0 amide bonds. The lowest BCUT2D eigenvalue weighted by atomic mass is 10.1. The van der Waals surface area contributed by atoms with Crippen molar-refractivity contribution < 1.29 is 14.2 Å². The number of methoxy groups -OCH3 is 1. The zero-order valence-electron chi connectivity index (χ0n) is 16.2. The number of fused-ring (bicyclic) bond motifs is 1. The van der Waals surface area contributed by atoms with Gasteiger partial charge in [0.05, 0.1) is 18.6 Å². The monoisotopic (exact) mass is 388 g/mol. The molecule has 4 rings (SSSR count). The van der Waals surface area contributed by atoms with Gasteiger partial charge in [0.25, 0.3) is 5.69 Å². The van der Waals surface area contributed by atoms with Gasteiger partial charge in [0.15, 0.2) is 11.0 Å². The van der Waals surface area contributed by atoms with Crippen LogP contribution in [0.1, 0.15) is 11.1 Å². The third-order valence-electron chi connectivity index (χ3n) is 5.08. The van der Waals surface area contributed by atoms with Crippen molar-refractivity contribution in [3.63, 3.8) is 0 Å². The van der Waals surface area contributed by atoms with E-state index in [1.807, 2.05) is 36.4 Å². The number of para-hydroxylation sites is 2. The lowest BCUT2D eigenvalue weighted by Gasteiger charge is -2.02. The van der Waals surface area contributed by atoms with Crippen LogP contribution in [0.5, 0.6) is 5.75 Å². The number of rotatable bonds is 7. The van der Waals surface area contributed by atoms with Gasteiger partial charge in [-0.05, 0) is 47.5 Å². The Morgan fingerprint density at radius 3 is 2.34 bits per heavy atom. The number of aromatic nitrogens is 2. The molecular formula is C23H22N3O3+. The van der Waals surface area contributed by atoms with E-state index in [1.165, 1.54) is 11.1 Å².